The van der Waals surface area contributed by atoms with Crippen molar-refractivity contribution in [1.82, 2.24) is 0 Å². The van der Waals surface area contributed by atoms with Gasteiger partial charge in [-0.3, -0.25) is 0 Å². The van der Waals surface area contributed by atoms with E-state index in [1.807, 2.05) is 0 Å². The van der Waals surface area contributed by atoms with E-state index in [2.05, 4.69) is 86.7 Å². The monoisotopic (exact) mass is 296 g/mol. The van der Waals surface area contributed by atoms with Crippen LogP contribution >= 0.6 is 0 Å². The highest BCUT2D eigenvalue weighted by Gasteiger charge is 2.21. The lowest BCUT2D eigenvalue weighted by atomic mass is 9.90. The average Bonchev–Trinajstić information content (AvgIpc) is 2.95. The highest BCUT2D eigenvalue weighted by molar-refractivity contribution is 5.88. The van der Waals surface area contributed by atoms with Gasteiger partial charge in [0.1, 0.15) is 0 Å². The van der Waals surface area contributed by atoms with Gasteiger partial charge in [-0.1, -0.05) is 78.4 Å². The fraction of sp³-hybridized carbons (Fsp3) is 0.130. The van der Waals surface area contributed by atoms with Crippen LogP contribution in [0.5, 0.6) is 0 Å². The molecule has 1 aliphatic carbocycles. The summed E-state index contributed by atoms with van der Waals surface area (Å²) in [6, 6.07) is 24.3. The summed E-state index contributed by atoms with van der Waals surface area (Å²) >= 11 is 0. The van der Waals surface area contributed by atoms with Crippen molar-refractivity contribution < 1.29 is 0 Å². The molecular formula is C23H20. The summed E-state index contributed by atoms with van der Waals surface area (Å²) in [6.45, 7) is 4.29. The van der Waals surface area contributed by atoms with Crippen molar-refractivity contribution in [3.8, 4) is 11.1 Å². The molecule has 0 amide bonds. The molecule has 0 aromatic heterocycles. The van der Waals surface area contributed by atoms with Gasteiger partial charge in [0.05, 0.1) is 0 Å². The summed E-state index contributed by atoms with van der Waals surface area (Å²) in [5.74, 6) is 0. The maximum Gasteiger partial charge on any atom is -0.000728 e. The van der Waals surface area contributed by atoms with Crippen molar-refractivity contribution in [3.63, 3.8) is 0 Å². The Morgan fingerprint density at radius 1 is 0.870 bits per heavy atom. The number of hydrogen-bond acceptors (Lipinski definition) is 0. The second-order valence-corrected chi connectivity index (χ2v) is 6.24. The van der Waals surface area contributed by atoms with E-state index in [4.69, 9.17) is 0 Å². The molecule has 0 heteroatoms. The molecule has 0 unspecified atom stereocenters. The van der Waals surface area contributed by atoms with Crippen molar-refractivity contribution >= 4 is 5.57 Å². The van der Waals surface area contributed by atoms with Crippen LogP contribution in [0.4, 0.5) is 0 Å². The third-order valence-electron chi connectivity index (χ3n) is 4.76. The minimum absolute atomic E-state index is 1.03. The zero-order valence-corrected chi connectivity index (χ0v) is 13.6. The standard InChI is InChI=1S/C23H20/c1-3-19(17-10-6-8-16(2)14-17)21-12-7-13-22-20-11-5-4-9-18(20)15-23(21)22/h3-14H,15H2,1-2H3/b19-3-. The molecule has 112 valence electrons. The highest BCUT2D eigenvalue weighted by atomic mass is 14.3. The molecule has 0 bridgehead atoms. The Morgan fingerprint density at radius 3 is 2.48 bits per heavy atom. The molecule has 0 spiro atoms. The van der Waals surface area contributed by atoms with Crippen LogP contribution in [0.15, 0.2) is 72.8 Å². The third-order valence-corrected chi connectivity index (χ3v) is 4.76. The number of aryl methyl sites for hydroxylation is 1. The summed E-state index contributed by atoms with van der Waals surface area (Å²) in [7, 11) is 0. The van der Waals surface area contributed by atoms with E-state index in [9.17, 15) is 0 Å². The Bertz CT molecular complexity index is 913. The van der Waals surface area contributed by atoms with E-state index in [1.54, 1.807) is 0 Å². The first kappa shape index (κ1) is 14.0. The Morgan fingerprint density at radius 2 is 1.65 bits per heavy atom. The van der Waals surface area contributed by atoms with Gasteiger partial charge in [0.15, 0.2) is 0 Å². The van der Waals surface area contributed by atoms with E-state index in [0.717, 1.165) is 6.42 Å². The molecule has 3 aromatic carbocycles. The molecule has 0 fully saturated rings. The minimum Gasteiger partial charge on any atom is -0.0792 e. The van der Waals surface area contributed by atoms with Gasteiger partial charge in [-0.05, 0) is 59.2 Å². The van der Waals surface area contributed by atoms with Crippen LogP contribution < -0.4 is 0 Å². The molecule has 0 radical (unpaired) electrons. The lowest BCUT2D eigenvalue weighted by Crippen LogP contribution is -1.94. The fourth-order valence-electron chi connectivity index (χ4n) is 3.70. The Hall–Kier alpha value is -2.60. The Balaban J connectivity index is 1.88. The van der Waals surface area contributed by atoms with E-state index in [-0.39, 0.29) is 0 Å². The van der Waals surface area contributed by atoms with Crippen molar-refractivity contribution in [2.75, 3.05) is 0 Å². The normalized spacial score (nSPS) is 12.9. The average molecular weight is 296 g/mol. The minimum atomic E-state index is 1.03. The molecule has 0 aliphatic heterocycles. The molecule has 1 aliphatic rings. The maximum absolute atomic E-state index is 2.27. The number of hydrogen-bond donors (Lipinski definition) is 0. The van der Waals surface area contributed by atoms with Crippen LogP contribution in [0.2, 0.25) is 0 Å². The van der Waals surface area contributed by atoms with Crippen LogP contribution in [0.25, 0.3) is 16.7 Å². The van der Waals surface area contributed by atoms with Crippen LogP contribution in [0.3, 0.4) is 0 Å². The maximum atomic E-state index is 2.27. The number of fused-ring (bicyclic) bond motifs is 3. The van der Waals surface area contributed by atoms with E-state index in [0.29, 0.717) is 0 Å². The number of benzene rings is 3. The van der Waals surface area contributed by atoms with Gasteiger partial charge in [-0.15, -0.1) is 0 Å². The van der Waals surface area contributed by atoms with Crippen molar-refractivity contribution in [2.45, 2.75) is 20.3 Å². The van der Waals surface area contributed by atoms with Crippen molar-refractivity contribution in [3.05, 3.63) is 101 Å². The summed E-state index contributed by atoms with van der Waals surface area (Å²) in [4.78, 5) is 0. The smallest absolute Gasteiger partial charge is 0.000728 e. The largest absolute Gasteiger partial charge is 0.0792 e. The molecule has 23 heavy (non-hydrogen) atoms. The van der Waals surface area contributed by atoms with Crippen LogP contribution in [-0.2, 0) is 6.42 Å². The van der Waals surface area contributed by atoms with Gasteiger partial charge in [-0.25, -0.2) is 0 Å². The second-order valence-electron chi connectivity index (χ2n) is 6.24. The van der Waals surface area contributed by atoms with Gasteiger partial charge in [0, 0.05) is 0 Å². The summed E-state index contributed by atoms with van der Waals surface area (Å²) in [5, 5.41) is 0. The van der Waals surface area contributed by atoms with Gasteiger partial charge in [0.25, 0.3) is 0 Å². The molecule has 3 aromatic rings. The van der Waals surface area contributed by atoms with Crippen LogP contribution in [-0.4, -0.2) is 0 Å². The van der Waals surface area contributed by atoms with Gasteiger partial charge < -0.3 is 0 Å². The summed E-state index contributed by atoms with van der Waals surface area (Å²) < 4.78 is 0. The Labute approximate surface area is 138 Å². The fourth-order valence-corrected chi connectivity index (χ4v) is 3.70. The molecule has 0 saturated carbocycles. The zero-order chi connectivity index (χ0) is 15.8. The highest BCUT2D eigenvalue weighted by Crippen LogP contribution is 2.41. The van der Waals surface area contributed by atoms with E-state index < -0.39 is 0 Å². The van der Waals surface area contributed by atoms with E-state index in [1.165, 1.54) is 44.5 Å². The van der Waals surface area contributed by atoms with Crippen LogP contribution in [0.1, 0.15) is 34.7 Å². The summed E-state index contributed by atoms with van der Waals surface area (Å²) in [6.07, 6.45) is 3.28. The topological polar surface area (TPSA) is 0 Å². The van der Waals surface area contributed by atoms with E-state index >= 15 is 0 Å². The molecule has 0 saturated heterocycles. The molecular weight excluding hydrogens is 276 g/mol. The predicted molar refractivity (Wildman–Crippen MR) is 98.6 cm³/mol. The number of rotatable bonds is 2. The van der Waals surface area contributed by atoms with Gasteiger partial charge in [-0.2, -0.15) is 0 Å². The molecule has 0 nitrogen and oxygen atoms in total. The van der Waals surface area contributed by atoms with Crippen molar-refractivity contribution in [2.24, 2.45) is 0 Å². The molecule has 4 rings (SSSR count). The Kier molecular flexibility index (Phi) is 3.38. The zero-order valence-electron chi connectivity index (χ0n) is 13.6. The lowest BCUT2D eigenvalue weighted by molar-refractivity contribution is 1.24. The first-order chi connectivity index (χ1) is 11.3. The number of allylic oxidation sites excluding steroid dienone is 1. The predicted octanol–water partition coefficient (Wildman–Crippen LogP) is 6.02. The first-order valence-corrected chi connectivity index (χ1v) is 8.22. The second kappa shape index (κ2) is 5.55. The SMILES string of the molecule is C/C=C(/c1cccc(C)c1)c1cccc2c1Cc1ccccc1-2. The van der Waals surface area contributed by atoms with Gasteiger partial charge in [0.2, 0.25) is 0 Å². The molecule has 0 heterocycles. The van der Waals surface area contributed by atoms with Crippen molar-refractivity contribution in [1.29, 1.82) is 0 Å². The lowest BCUT2D eigenvalue weighted by Gasteiger charge is -2.13. The first-order valence-electron chi connectivity index (χ1n) is 8.22. The van der Waals surface area contributed by atoms with Crippen LogP contribution in [0, 0.1) is 6.92 Å². The quantitative estimate of drug-likeness (QED) is 0.424. The third kappa shape index (κ3) is 2.31. The summed E-state index contributed by atoms with van der Waals surface area (Å²) in [5.41, 5.74) is 11.0. The molecule has 0 N–H and O–H groups in total. The van der Waals surface area contributed by atoms with Gasteiger partial charge >= 0.3 is 0 Å². The molecule has 0 atom stereocenters.